The molecule has 0 aliphatic carbocycles. The Morgan fingerprint density at radius 2 is 2.00 bits per heavy atom. The molecule has 0 saturated carbocycles. The third-order valence-electron chi connectivity index (χ3n) is 3.62. The highest BCUT2D eigenvalue weighted by Gasteiger charge is 2.49. The molecule has 2 heterocycles. The minimum Gasteiger partial charge on any atom is -0.359 e. The van der Waals surface area contributed by atoms with Crippen molar-refractivity contribution in [2.45, 2.75) is 44.6 Å². The maximum atomic E-state index is 11.9. The summed E-state index contributed by atoms with van der Waals surface area (Å²) >= 11 is 0. The molecule has 0 spiro atoms. The van der Waals surface area contributed by atoms with Gasteiger partial charge in [-0.15, -0.1) is 0 Å². The van der Waals surface area contributed by atoms with Gasteiger partial charge in [0.05, 0.1) is 12.4 Å². The molecule has 0 aromatic rings. The summed E-state index contributed by atoms with van der Waals surface area (Å²) in [5, 5.41) is 2.90. The van der Waals surface area contributed by atoms with Crippen LogP contribution in [0.3, 0.4) is 0 Å². The zero-order valence-corrected chi connectivity index (χ0v) is 11.1. The lowest BCUT2D eigenvalue weighted by Gasteiger charge is -2.45. The summed E-state index contributed by atoms with van der Waals surface area (Å²) in [5.41, 5.74) is -0.604. The summed E-state index contributed by atoms with van der Waals surface area (Å²) in [6, 6.07) is 0. The zero-order chi connectivity index (χ0) is 12.0. The van der Waals surface area contributed by atoms with E-state index in [1.807, 2.05) is 6.92 Å². The van der Waals surface area contributed by atoms with Crippen LogP contribution in [0.1, 0.15) is 33.6 Å². The van der Waals surface area contributed by atoms with E-state index in [1.165, 1.54) is 0 Å². The highest BCUT2D eigenvalue weighted by molar-refractivity contribution is 7.92. The molecule has 0 aromatic heterocycles. The number of ether oxygens (including phenoxy) is 1. The van der Waals surface area contributed by atoms with Crippen LogP contribution in [0.4, 0.5) is 0 Å². The number of hydrogen-bond acceptors (Lipinski definition) is 4. The van der Waals surface area contributed by atoms with Crippen molar-refractivity contribution in [1.82, 2.24) is 5.32 Å². The zero-order valence-electron chi connectivity index (χ0n) is 10.2. The molecular weight excluding hydrogens is 226 g/mol. The first kappa shape index (κ1) is 12.3. The molecule has 1 N–H and O–H groups in total. The summed E-state index contributed by atoms with van der Waals surface area (Å²) in [7, 11) is -2.97. The first-order valence-electron chi connectivity index (χ1n) is 5.86. The number of hydrogen-bond donors (Lipinski definition) is 1. The van der Waals surface area contributed by atoms with E-state index in [0.717, 1.165) is 13.0 Å². The smallest absolute Gasteiger partial charge is 0.157 e. The van der Waals surface area contributed by atoms with Crippen molar-refractivity contribution in [3.05, 3.63) is 0 Å². The van der Waals surface area contributed by atoms with Gasteiger partial charge in [0, 0.05) is 12.0 Å². The van der Waals surface area contributed by atoms with Crippen LogP contribution < -0.4 is 5.32 Å². The molecule has 2 atom stereocenters. The average Bonchev–Trinajstić information content (AvgIpc) is 2.52. The molecular formula is C11H21NO3S. The lowest BCUT2D eigenvalue weighted by atomic mass is 9.91. The van der Waals surface area contributed by atoms with E-state index in [2.05, 4.69) is 19.2 Å². The highest BCUT2D eigenvalue weighted by atomic mass is 32.2. The van der Waals surface area contributed by atoms with E-state index in [9.17, 15) is 8.42 Å². The summed E-state index contributed by atoms with van der Waals surface area (Å²) in [4.78, 5) is 0. The molecule has 0 aromatic carbocycles. The molecule has 2 unspecified atom stereocenters. The maximum Gasteiger partial charge on any atom is 0.157 e. The Kier molecular flexibility index (Phi) is 2.84. The second-order valence-electron chi connectivity index (χ2n) is 5.91. The normalized spacial score (nSPS) is 42.1. The van der Waals surface area contributed by atoms with Gasteiger partial charge >= 0.3 is 0 Å². The Labute approximate surface area is 97.7 Å². The molecule has 2 rings (SSSR count). The van der Waals surface area contributed by atoms with E-state index >= 15 is 0 Å². The van der Waals surface area contributed by atoms with Gasteiger partial charge in [-0.2, -0.15) is 0 Å². The fourth-order valence-corrected chi connectivity index (χ4v) is 4.69. The molecule has 4 nitrogen and oxygen atoms in total. The van der Waals surface area contributed by atoms with Crippen LogP contribution in [0.2, 0.25) is 0 Å². The van der Waals surface area contributed by atoms with Gasteiger partial charge in [-0.05, 0) is 19.8 Å². The predicted octanol–water partition coefficient (Wildman–Crippen LogP) is 0.926. The van der Waals surface area contributed by atoms with E-state index < -0.39 is 15.6 Å². The first-order chi connectivity index (χ1) is 7.25. The van der Waals surface area contributed by atoms with Crippen LogP contribution in [0.5, 0.6) is 0 Å². The number of sulfone groups is 1. The summed E-state index contributed by atoms with van der Waals surface area (Å²) in [6.07, 6.45) is 1.48. The lowest BCUT2D eigenvalue weighted by Crippen LogP contribution is -2.62. The summed E-state index contributed by atoms with van der Waals surface area (Å²) < 4.78 is 29.6. The molecule has 5 heteroatoms. The molecule has 2 saturated heterocycles. The molecule has 94 valence electrons. The van der Waals surface area contributed by atoms with Crippen molar-refractivity contribution in [2.24, 2.45) is 5.41 Å². The number of rotatable bonds is 1. The van der Waals surface area contributed by atoms with Crippen LogP contribution in [0, 0.1) is 5.41 Å². The maximum absolute atomic E-state index is 11.9. The second-order valence-corrected chi connectivity index (χ2v) is 8.21. The second kappa shape index (κ2) is 3.68. The van der Waals surface area contributed by atoms with Crippen LogP contribution in [-0.2, 0) is 14.6 Å². The number of nitrogens with one attached hydrogen (secondary N) is 1. The SMILES string of the molecule is CC1(C)CNC(C)(C2CCCS2(=O)=O)OC1. The molecule has 0 amide bonds. The minimum atomic E-state index is -2.97. The minimum absolute atomic E-state index is 0.0852. The largest absolute Gasteiger partial charge is 0.359 e. The fourth-order valence-electron chi connectivity index (χ4n) is 2.48. The van der Waals surface area contributed by atoms with Gasteiger partial charge in [-0.3, -0.25) is 5.32 Å². The predicted molar refractivity (Wildman–Crippen MR) is 62.9 cm³/mol. The molecule has 2 aliphatic rings. The van der Waals surface area contributed by atoms with Gasteiger partial charge in [0.25, 0.3) is 0 Å². The highest BCUT2D eigenvalue weighted by Crippen LogP contribution is 2.34. The third kappa shape index (κ3) is 2.13. The van der Waals surface area contributed by atoms with Crippen LogP contribution in [0.15, 0.2) is 0 Å². The van der Waals surface area contributed by atoms with Gasteiger partial charge in [0.1, 0.15) is 11.0 Å². The van der Waals surface area contributed by atoms with E-state index in [0.29, 0.717) is 18.8 Å². The van der Waals surface area contributed by atoms with Crippen molar-refractivity contribution < 1.29 is 13.2 Å². The van der Waals surface area contributed by atoms with Gasteiger partial charge in [0.15, 0.2) is 9.84 Å². The molecule has 0 bridgehead atoms. The van der Waals surface area contributed by atoms with Crippen molar-refractivity contribution >= 4 is 9.84 Å². The standard InChI is InChI=1S/C11H21NO3S/c1-10(2)7-12-11(3,15-8-10)9-5-4-6-16(9,13)14/h9,12H,4-8H2,1-3H3. The van der Waals surface area contributed by atoms with Crippen LogP contribution in [0.25, 0.3) is 0 Å². The van der Waals surface area contributed by atoms with E-state index in [-0.39, 0.29) is 10.7 Å². The molecule has 2 aliphatic heterocycles. The van der Waals surface area contributed by atoms with Gasteiger partial charge in [0.2, 0.25) is 0 Å². The van der Waals surface area contributed by atoms with E-state index in [1.54, 1.807) is 0 Å². The average molecular weight is 247 g/mol. The monoisotopic (exact) mass is 247 g/mol. The first-order valence-corrected chi connectivity index (χ1v) is 7.57. The van der Waals surface area contributed by atoms with Crippen LogP contribution >= 0.6 is 0 Å². The van der Waals surface area contributed by atoms with Crippen molar-refractivity contribution in [3.63, 3.8) is 0 Å². The molecule has 16 heavy (non-hydrogen) atoms. The molecule has 0 radical (unpaired) electrons. The van der Waals surface area contributed by atoms with E-state index in [4.69, 9.17) is 4.74 Å². The topological polar surface area (TPSA) is 55.4 Å². The fraction of sp³-hybridized carbons (Fsp3) is 1.00. The Morgan fingerprint density at radius 1 is 1.31 bits per heavy atom. The Hall–Kier alpha value is -0.130. The summed E-state index contributed by atoms with van der Waals surface area (Å²) in [6.45, 7) is 7.51. The van der Waals surface area contributed by atoms with Crippen molar-refractivity contribution in [2.75, 3.05) is 18.9 Å². The summed E-state index contributed by atoms with van der Waals surface area (Å²) in [5.74, 6) is 0.307. The third-order valence-corrected chi connectivity index (χ3v) is 6.03. The Bertz CT molecular complexity index is 365. The molecule has 2 fully saturated rings. The Balaban J connectivity index is 2.16. The van der Waals surface area contributed by atoms with Crippen LogP contribution in [-0.4, -0.2) is 38.3 Å². The van der Waals surface area contributed by atoms with Gasteiger partial charge in [-0.25, -0.2) is 8.42 Å². The Morgan fingerprint density at radius 3 is 2.44 bits per heavy atom. The van der Waals surface area contributed by atoms with Crippen molar-refractivity contribution in [3.8, 4) is 0 Å². The quantitative estimate of drug-likeness (QED) is 0.749. The van der Waals surface area contributed by atoms with Gasteiger partial charge < -0.3 is 4.74 Å². The van der Waals surface area contributed by atoms with Gasteiger partial charge in [-0.1, -0.05) is 13.8 Å². The van der Waals surface area contributed by atoms with Crippen molar-refractivity contribution in [1.29, 1.82) is 0 Å². The lowest BCUT2D eigenvalue weighted by molar-refractivity contribution is -0.127.